The first-order valence-corrected chi connectivity index (χ1v) is 4.50. The molecule has 6 nitrogen and oxygen atoms in total. The summed E-state index contributed by atoms with van der Waals surface area (Å²) in [4.78, 5) is 25.4. The third-order valence-corrected chi connectivity index (χ3v) is 1.68. The zero-order valence-electron chi connectivity index (χ0n) is 8.37. The van der Waals surface area contributed by atoms with E-state index in [1.165, 1.54) is 0 Å². The maximum atomic E-state index is 11.0. The van der Waals surface area contributed by atoms with E-state index in [1.807, 2.05) is 19.3 Å². The standard InChI is InChI=1S/C8H16N2O4/c1-3-6(4-2)9-8(13)10-14-5-7(11)12/h6H,3-5H2,1-2H3,(H,11,12)(H2,9,10,13). The van der Waals surface area contributed by atoms with E-state index in [-0.39, 0.29) is 6.04 Å². The van der Waals surface area contributed by atoms with Crippen LogP contribution in [0.25, 0.3) is 0 Å². The fourth-order valence-corrected chi connectivity index (χ4v) is 0.871. The summed E-state index contributed by atoms with van der Waals surface area (Å²) in [5.74, 6) is -1.13. The molecule has 14 heavy (non-hydrogen) atoms. The summed E-state index contributed by atoms with van der Waals surface area (Å²) < 4.78 is 0. The van der Waals surface area contributed by atoms with Crippen LogP contribution in [0, 0.1) is 0 Å². The van der Waals surface area contributed by atoms with Crippen molar-refractivity contribution in [2.45, 2.75) is 32.7 Å². The monoisotopic (exact) mass is 204 g/mol. The molecule has 0 aliphatic carbocycles. The van der Waals surface area contributed by atoms with Gasteiger partial charge in [-0.2, -0.15) is 0 Å². The van der Waals surface area contributed by atoms with Crippen LogP contribution in [0.5, 0.6) is 0 Å². The Kier molecular flexibility index (Phi) is 6.47. The van der Waals surface area contributed by atoms with Crippen molar-refractivity contribution in [1.82, 2.24) is 10.8 Å². The van der Waals surface area contributed by atoms with E-state index in [0.29, 0.717) is 0 Å². The van der Waals surface area contributed by atoms with E-state index >= 15 is 0 Å². The van der Waals surface area contributed by atoms with Crippen LogP contribution in [0.3, 0.4) is 0 Å². The molecule has 0 aromatic rings. The minimum absolute atomic E-state index is 0.0865. The molecule has 0 rings (SSSR count). The lowest BCUT2D eigenvalue weighted by Crippen LogP contribution is -2.42. The van der Waals surface area contributed by atoms with Crippen molar-refractivity contribution in [2.24, 2.45) is 0 Å². The maximum absolute atomic E-state index is 11.0. The Balaban J connectivity index is 3.59. The van der Waals surface area contributed by atoms with Gasteiger partial charge in [-0.1, -0.05) is 13.8 Å². The molecule has 0 saturated carbocycles. The van der Waals surface area contributed by atoms with Gasteiger partial charge in [0.05, 0.1) is 0 Å². The fourth-order valence-electron chi connectivity index (χ4n) is 0.871. The quantitative estimate of drug-likeness (QED) is 0.549. The van der Waals surface area contributed by atoms with Gasteiger partial charge in [0.25, 0.3) is 0 Å². The summed E-state index contributed by atoms with van der Waals surface area (Å²) in [6, 6.07) is -0.427. The predicted octanol–water partition coefficient (Wildman–Crippen LogP) is 0.490. The lowest BCUT2D eigenvalue weighted by molar-refractivity contribution is -0.144. The Bertz CT molecular complexity index is 192. The number of hydroxylamine groups is 1. The molecule has 0 bridgehead atoms. The number of carboxylic acids is 1. The second kappa shape index (κ2) is 7.14. The van der Waals surface area contributed by atoms with Gasteiger partial charge in [-0.3, -0.25) is 4.84 Å². The van der Waals surface area contributed by atoms with Gasteiger partial charge in [-0.25, -0.2) is 15.1 Å². The van der Waals surface area contributed by atoms with Gasteiger partial charge in [0.2, 0.25) is 0 Å². The van der Waals surface area contributed by atoms with Crippen LogP contribution in [0.2, 0.25) is 0 Å². The van der Waals surface area contributed by atoms with E-state index in [9.17, 15) is 9.59 Å². The lowest BCUT2D eigenvalue weighted by Gasteiger charge is -2.14. The molecule has 82 valence electrons. The molecule has 2 amide bonds. The van der Waals surface area contributed by atoms with Gasteiger partial charge in [0, 0.05) is 6.04 Å². The molecule has 0 radical (unpaired) electrons. The molecule has 3 N–H and O–H groups in total. The molecule has 0 aliphatic heterocycles. The topological polar surface area (TPSA) is 87.7 Å². The molecule has 0 aromatic heterocycles. The van der Waals surface area contributed by atoms with Crippen molar-refractivity contribution < 1.29 is 19.5 Å². The molecule has 0 heterocycles. The number of urea groups is 1. The molecular weight excluding hydrogens is 188 g/mol. The van der Waals surface area contributed by atoms with E-state index in [0.717, 1.165) is 12.8 Å². The van der Waals surface area contributed by atoms with Crippen molar-refractivity contribution in [3.8, 4) is 0 Å². The number of carboxylic acid groups (broad SMARTS) is 1. The van der Waals surface area contributed by atoms with Crippen LogP contribution in [-0.2, 0) is 9.63 Å². The van der Waals surface area contributed by atoms with Crippen LogP contribution < -0.4 is 10.8 Å². The van der Waals surface area contributed by atoms with Crippen molar-refractivity contribution in [3.05, 3.63) is 0 Å². The molecule has 0 spiro atoms. The summed E-state index contributed by atoms with van der Waals surface area (Å²) in [5.41, 5.74) is 1.98. The van der Waals surface area contributed by atoms with Crippen molar-refractivity contribution in [1.29, 1.82) is 0 Å². The normalized spacial score (nSPS) is 9.93. The molecule has 0 fully saturated rings. The highest BCUT2D eigenvalue weighted by Gasteiger charge is 2.07. The number of amides is 2. The molecule has 0 aromatic carbocycles. The molecule has 6 heteroatoms. The van der Waals surface area contributed by atoms with Crippen molar-refractivity contribution >= 4 is 12.0 Å². The lowest BCUT2D eigenvalue weighted by atomic mass is 10.2. The van der Waals surface area contributed by atoms with E-state index in [1.54, 1.807) is 0 Å². The van der Waals surface area contributed by atoms with Gasteiger partial charge in [-0.05, 0) is 12.8 Å². The first kappa shape index (κ1) is 12.7. The van der Waals surface area contributed by atoms with E-state index in [4.69, 9.17) is 5.11 Å². The zero-order valence-corrected chi connectivity index (χ0v) is 8.37. The van der Waals surface area contributed by atoms with Gasteiger partial charge in [-0.15, -0.1) is 0 Å². The molecule has 0 aliphatic rings. The Morgan fingerprint density at radius 3 is 2.36 bits per heavy atom. The zero-order chi connectivity index (χ0) is 11.0. The van der Waals surface area contributed by atoms with Crippen LogP contribution >= 0.6 is 0 Å². The van der Waals surface area contributed by atoms with Crippen LogP contribution in [0.4, 0.5) is 4.79 Å². The number of hydrogen-bond donors (Lipinski definition) is 3. The average molecular weight is 204 g/mol. The number of rotatable bonds is 6. The highest BCUT2D eigenvalue weighted by molar-refractivity contribution is 5.73. The summed E-state index contributed by atoms with van der Waals surface area (Å²) in [6.07, 6.45) is 1.64. The van der Waals surface area contributed by atoms with Gasteiger partial charge >= 0.3 is 12.0 Å². The minimum Gasteiger partial charge on any atom is -0.479 e. The third-order valence-electron chi connectivity index (χ3n) is 1.68. The van der Waals surface area contributed by atoms with Crippen LogP contribution in [0.1, 0.15) is 26.7 Å². The summed E-state index contributed by atoms with van der Waals surface area (Å²) in [5, 5.41) is 10.8. The van der Waals surface area contributed by atoms with E-state index < -0.39 is 18.6 Å². The SMILES string of the molecule is CCC(CC)NC(=O)NOCC(=O)O. The Hall–Kier alpha value is -1.30. The summed E-state index contributed by atoms with van der Waals surface area (Å²) in [7, 11) is 0. The maximum Gasteiger partial charge on any atom is 0.338 e. The Morgan fingerprint density at radius 2 is 1.93 bits per heavy atom. The highest BCUT2D eigenvalue weighted by atomic mass is 16.7. The second-order valence-corrected chi connectivity index (χ2v) is 2.77. The largest absolute Gasteiger partial charge is 0.479 e. The van der Waals surface area contributed by atoms with Gasteiger partial charge < -0.3 is 10.4 Å². The van der Waals surface area contributed by atoms with Gasteiger partial charge in [0.15, 0.2) is 6.61 Å². The first-order valence-electron chi connectivity index (χ1n) is 4.50. The number of carbonyl (C=O) groups excluding carboxylic acids is 1. The van der Waals surface area contributed by atoms with Crippen LogP contribution in [-0.4, -0.2) is 29.8 Å². The number of hydrogen-bond acceptors (Lipinski definition) is 3. The summed E-state index contributed by atoms with van der Waals surface area (Å²) in [6.45, 7) is 3.36. The molecule has 0 saturated heterocycles. The number of carbonyl (C=O) groups is 2. The smallest absolute Gasteiger partial charge is 0.338 e. The van der Waals surface area contributed by atoms with Gasteiger partial charge in [0.1, 0.15) is 0 Å². The third kappa shape index (κ3) is 6.24. The Morgan fingerprint density at radius 1 is 1.36 bits per heavy atom. The molecule has 0 unspecified atom stereocenters. The van der Waals surface area contributed by atoms with E-state index in [2.05, 4.69) is 10.2 Å². The number of aliphatic carboxylic acids is 1. The molecule has 0 atom stereocenters. The predicted molar refractivity (Wildman–Crippen MR) is 49.6 cm³/mol. The fraction of sp³-hybridized carbons (Fsp3) is 0.750. The van der Waals surface area contributed by atoms with Crippen molar-refractivity contribution in [2.75, 3.05) is 6.61 Å². The minimum atomic E-state index is -1.13. The average Bonchev–Trinajstić information content (AvgIpc) is 2.13. The highest BCUT2D eigenvalue weighted by Crippen LogP contribution is 1.94. The Labute approximate surface area is 82.6 Å². The molecular formula is C8H16N2O4. The second-order valence-electron chi connectivity index (χ2n) is 2.77. The summed E-state index contributed by atoms with van der Waals surface area (Å²) >= 11 is 0. The first-order chi connectivity index (χ1) is 6.60. The van der Waals surface area contributed by atoms with Crippen LogP contribution in [0.15, 0.2) is 0 Å². The van der Waals surface area contributed by atoms with Crippen molar-refractivity contribution in [3.63, 3.8) is 0 Å². The number of nitrogens with one attached hydrogen (secondary N) is 2.